The molecule has 9 aromatic carbocycles. The molecule has 0 atom stereocenters. The van der Waals surface area contributed by atoms with Crippen LogP contribution in [0.25, 0.3) is 90.8 Å². The van der Waals surface area contributed by atoms with Crippen LogP contribution < -0.4 is 20.5 Å². The lowest BCUT2D eigenvalue weighted by Gasteiger charge is -2.28. The molecule has 4 nitrogen and oxygen atoms in total. The molecule has 1 aliphatic heterocycles. The van der Waals surface area contributed by atoms with E-state index in [2.05, 4.69) is 275 Å². The minimum Gasteiger partial charge on any atom is -0.456 e. The van der Waals surface area contributed by atoms with Gasteiger partial charge in [0.05, 0.1) is 16.9 Å². The molecular formula is C72H65BN3OS2. The van der Waals surface area contributed by atoms with E-state index in [9.17, 15) is 0 Å². The number of nitrogens with one attached hydrogen (secondary N) is 1. The summed E-state index contributed by atoms with van der Waals surface area (Å²) < 4.78 is 14.8. The first-order valence-corrected chi connectivity index (χ1v) is 29.5. The van der Waals surface area contributed by atoms with E-state index in [1.54, 1.807) is 0 Å². The van der Waals surface area contributed by atoms with Crippen molar-refractivity contribution in [1.82, 2.24) is 4.57 Å². The molecule has 0 saturated carbocycles. The summed E-state index contributed by atoms with van der Waals surface area (Å²) in [5.41, 5.74) is 19.6. The fraction of sp³-hybridized carbons (Fsp3) is 0.222. The predicted octanol–water partition coefficient (Wildman–Crippen LogP) is 20.3. The highest BCUT2D eigenvalue weighted by Gasteiger charge is 2.32. The Kier molecular flexibility index (Phi) is 11.0. The number of benzene rings is 9. The Bertz CT molecular complexity index is 4560. The molecule has 0 unspecified atom stereocenters. The summed E-state index contributed by atoms with van der Waals surface area (Å²) in [5, 5.41) is 12.6. The van der Waals surface area contributed by atoms with Crippen LogP contribution in [0.1, 0.15) is 105 Å². The highest BCUT2D eigenvalue weighted by molar-refractivity contribution is 7.29. The minimum atomic E-state index is 0.00457. The molecule has 0 bridgehead atoms. The minimum absolute atomic E-state index is 0.00457. The van der Waals surface area contributed by atoms with Gasteiger partial charge >= 0.3 is 0 Å². The van der Waals surface area contributed by atoms with E-state index in [1.807, 2.05) is 22.7 Å². The van der Waals surface area contributed by atoms with Gasteiger partial charge in [-0.2, -0.15) is 0 Å². The molecular weight excluding hydrogens is 998 g/mol. The normalized spacial score (nSPS) is 13.2. The van der Waals surface area contributed by atoms with Crippen molar-refractivity contribution in [2.75, 3.05) is 10.2 Å². The van der Waals surface area contributed by atoms with Gasteiger partial charge in [-0.15, -0.1) is 22.7 Å². The molecule has 1 radical (unpaired) electrons. The number of nitrogens with zero attached hydrogens (tertiary/aromatic N) is 2. The summed E-state index contributed by atoms with van der Waals surface area (Å²) in [7, 11) is 2.50. The molecule has 7 heteroatoms. The van der Waals surface area contributed by atoms with E-state index in [4.69, 9.17) is 4.42 Å². The van der Waals surface area contributed by atoms with Gasteiger partial charge in [0.15, 0.2) is 0 Å². The van der Waals surface area contributed by atoms with Gasteiger partial charge in [-0.05, 0) is 151 Å². The monoisotopic (exact) mass is 1060 g/mol. The zero-order valence-corrected chi connectivity index (χ0v) is 49.0. The quantitative estimate of drug-likeness (QED) is 0.169. The van der Waals surface area contributed by atoms with Gasteiger partial charge in [0.1, 0.15) is 11.2 Å². The SMILES string of the molecule is CC(C)(C)c1ccc(Nc2cc3oc4ccc(N(c5ccc(C(C)(C)C)cc5)c5ccc(C(C)(C)C)cc5)cc4c3cc2-c2ccc3c4cc5c(cc4n4c3c2[B]c2sc3ccc(C(C)(C)C)cc3c2-4)sc2ccccc25)cc1. The smallest absolute Gasteiger partial charge is 0.211 e. The van der Waals surface area contributed by atoms with Crippen molar-refractivity contribution in [2.45, 2.75) is 105 Å². The van der Waals surface area contributed by atoms with Gasteiger partial charge in [0, 0.05) is 91.7 Å². The van der Waals surface area contributed by atoms with Gasteiger partial charge in [-0.3, -0.25) is 0 Å². The fourth-order valence-corrected chi connectivity index (χ4v) is 14.4. The third-order valence-corrected chi connectivity index (χ3v) is 18.9. The summed E-state index contributed by atoms with van der Waals surface area (Å²) in [6, 6.07) is 64.3. The summed E-state index contributed by atoms with van der Waals surface area (Å²) in [6.45, 7) is 27.4. The standard InChI is InChI=1S/C72H65BN3OS2/c1-69(2,3)41-17-24-45(25-18-41)74-58-39-61-55(54-36-48(30-33-60(54)77-61)75(46-26-19-42(20-27-46)70(4,5)6)47-28-21-43(22-29-47)71(7,8)9)37-52(58)50-31-32-51-53-38-56-49-15-13-14-16-62(49)78-64(56)40-59(53)76-66(51)65(50)73-68-67(76)57-35-44(72(10,11)12)23-34-63(57)79-68/h13-40,74H,1-12H3. The van der Waals surface area contributed by atoms with Crippen molar-refractivity contribution in [3.05, 3.63) is 192 Å². The van der Waals surface area contributed by atoms with Crippen LogP contribution in [0, 0.1) is 0 Å². The summed E-state index contributed by atoms with van der Waals surface area (Å²) in [5.74, 6) is 0. The van der Waals surface area contributed by atoms with E-state index in [-0.39, 0.29) is 21.7 Å². The third-order valence-electron chi connectivity index (χ3n) is 16.7. The van der Waals surface area contributed by atoms with E-state index in [0.29, 0.717) is 0 Å². The second-order valence-electron chi connectivity index (χ2n) is 26.2. The maximum absolute atomic E-state index is 6.94. The number of hydrogen-bond acceptors (Lipinski definition) is 5. The van der Waals surface area contributed by atoms with Gasteiger partial charge in [-0.1, -0.05) is 156 Å². The van der Waals surface area contributed by atoms with E-state index in [0.717, 1.165) is 55.9 Å². The van der Waals surface area contributed by atoms with Crippen molar-refractivity contribution in [3.63, 3.8) is 0 Å². The van der Waals surface area contributed by atoms with Gasteiger partial charge < -0.3 is 19.2 Å². The molecule has 4 aromatic heterocycles. The number of fused-ring (bicyclic) bond motifs is 13. The van der Waals surface area contributed by atoms with Crippen LogP contribution in [0.5, 0.6) is 0 Å². The zero-order valence-electron chi connectivity index (χ0n) is 47.4. The molecule has 0 amide bonds. The van der Waals surface area contributed by atoms with Crippen molar-refractivity contribution >= 4 is 143 Å². The first kappa shape index (κ1) is 49.7. The number of rotatable bonds is 6. The zero-order chi connectivity index (χ0) is 54.7. The first-order chi connectivity index (χ1) is 37.6. The predicted molar refractivity (Wildman–Crippen MR) is 346 cm³/mol. The molecule has 0 spiro atoms. The van der Waals surface area contributed by atoms with E-state index >= 15 is 0 Å². The van der Waals surface area contributed by atoms with Crippen molar-refractivity contribution < 1.29 is 4.42 Å². The number of thiophene rings is 2. The average Bonchev–Trinajstić information content (AvgIpc) is 4.38. The van der Waals surface area contributed by atoms with Crippen LogP contribution in [0.4, 0.5) is 28.4 Å². The molecule has 0 fully saturated rings. The molecule has 0 aliphatic carbocycles. The van der Waals surface area contributed by atoms with Crippen LogP contribution in [0.2, 0.25) is 0 Å². The maximum atomic E-state index is 6.94. The van der Waals surface area contributed by atoms with Gasteiger partial charge in [0.25, 0.3) is 0 Å². The Morgan fingerprint density at radius 3 is 1.68 bits per heavy atom. The molecule has 0 saturated heterocycles. The van der Waals surface area contributed by atoms with Gasteiger partial charge in [0.2, 0.25) is 7.28 Å². The van der Waals surface area contributed by atoms with Crippen LogP contribution in [-0.2, 0) is 21.7 Å². The Morgan fingerprint density at radius 1 is 0.430 bits per heavy atom. The second kappa shape index (κ2) is 17.5. The highest BCUT2D eigenvalue weighted by atomic mass is 32.1. The molecule has 79 heavy (non-hydrogen) atoms. The Morgan fingerprint density at radius 2 is 1.03 bits per heavy atom. The third kappa shape index (κ3) is 8.21. The second-order valence-corrected chi connectivity index (χ2v) is 28.4. The molecule has 5 heterocycles. The first-order valence-electron chi connectivity index (χ1n) is 27.9. The number of furan rings is 1. The summed E-state index contributed by atoms with van der Waals surface area (Å²) >= 11 is 3.79. The molecule has 1 N–H and O–H groups in total. The number of aromatic nitrogens is 1. The average molecular weight is 1060 g/mol. The van der Waals surface area contributed by atoms with Gasteiger partial charge in [-0.25, -0.2) is 0 Å². The highest BCUT2D eigenvalue weighted by Crippen LogP contribution is 2.47. The van der Waals surface area contributed by atoms with E-state index in [1.165, 1.54) is 95.8 Å². The Balaban J connectivity index is 1.01. The Labute approximate surface area is 472 Å². The molecule has 13 aromatic rings. The topological polar surface area (TPSA) is 33.3 Å². The van der Waals surface area contributed by atoms with Crippen LogP contribution in [0.3, 0.4) is 0 Å². The maximum Gasteiger partial charge on any atom is 0.211 e. The van der Waals surface area contributed by atoms with Crippen LogP contribution in [0.15, 0.2) is 174 Å². The molecule has 389 valence electrons. The summed E-state index contributed by atoms with van der Waals surface area (Å²) in [6.07, 6.45) is 0. The van der Waals surface area contributed by atoms with Crippen molar-refractivity contribution in [1.29, 1.82) is 0 Å². The fourth-order valence-electron chi connectivity index (χ4n) is 12.1. The lowest BCUT2D eigenvalue weighted by Crippen LogP contribution is -2.35. The van der Waals surface area contributed by atoms with Crippen molar-refractivity contribution in [3.8, 4) is 16.8 Å². The van der Waals surface area contributed by atoms with Crippen molar-refractivity contribution in [2.24, 2.45) is 0 Å². The molecule has 1 aliphatic rings. The lowest BCUT2D eigenvalue weighted by atomic mass is 9.63. The Hall–Kier alpha value is -7.58. The van der Waals surface area contributed by atoms with E-state index < -0.39 is 0 Å². The summed E-state index contributed by atoms with van der Waals surface area (Å²) in [4.78, 5) is 2.39. The number of hydrogen-bond donors (Lipinski definition) is 1. The number of anilines is 5. The lowest BCUT2D eigenvalue weighted by molar-refractivity contribution is 0.590. The molecule has 14 rings (SSSR count). The largest absolute Gasteiger partial charge is 0.456 e. The van der Waals surface area contributed by atoms with Crippen LogP contribution >= 0.6 is 22.7 Å². The van der Waals surface area contributed by atoms with Crippen LogP contribution in [-0.4, -0.2) is 11.8 Å².